The van der Waals surface area contributed by atoms with Gasteiger partial charge >= 0.3 is 0 Å². The van der Waals surface area contributed by atoms with Gasteiger partial charge in [0.05, 0.1) is 13.7 Å². The van der Waals surface area contributed by atoms with E-state index in [1.54, 1.807) is 48.4 Å². The van der Waals surface area contributed by atoms with Crippen LogP contribution in [0.25, 0.3) is 0 Å². The lowest BCUT2D eigenvalue weighted by Crippen LogP contribution is -2.50. The van der Waals surface area contributed by atoms with Gasteiger partial charge in [0.2, 0.25) is 5.91 Å². The van der Waals surface area contributed by atoms with Crippen LogP contribution in [0.5, 0.6) is 11.5 Å². The zero-order valence-electron chi connectivity index (χ0n) is 17.3. The Morgan fingerprint density at radius 2 is 2.00 bits per heavy atom. The van der Waals surface area contributed by atoms with Crippen molar-refractivity contribution in [2.45, 2.75) is 26.2 Å². The number of ether oxygens (including phenoxy) is 2. The van der Waals surface area contributed by atoms with E-state index in [1.165, 1.54) is 0 Å². The second-order valence-corrected chi connectivity index (χ2v) is 8.31. The Morgan fingerprint density at radius 3 is 2.70 bits per heavy atom. The van der Waals surface area contributed by atoms with Gasteiger partial charge in [-0.05, 0) is 61.7 Å². The molecule has 0 unspecified atom stereocenters. The number of primary amides is 1. The van der Waals surface area contributed by atoms with Crippen molar-refractivity contribution in [2.75, 3.05) is 26.8 Å². The zero-order chi connectivity index (χ0) is 21.7. The molecule has 2 amide bonds. The molecule has 2 aromatic rings. The van der Waals surface area contributed by atoms with Crippen LogP contribution in [0.4, 0.5) is 0 Å². The summed E-state index contributed by atoms with van der Waals surface area (Å²) in [6.07, 6.45) is 1.68. The molecule has 1 saturated heterocycles. The van der Waals surface area contributed by atoms with Gasteiger partial charge in [-0.15, -0.1) is 0 Å². The number of benzene rings is 2. The highest BCUT2D eigenvalue weighted by Crippen LogP contribution is 2.35. The SMILES string of the molecule is COc1cccc(C(=O)N2CCC[C@@](COc3ccc(Cl)c(C)c3)(CC(N)=O)C2)c1. The molecule has 3 rings (SSSR count). The van der Waals surface area contributed by atoms with Crippen LogP contribution in [0.2, 0.25) is 5.02 Å². The van der Waals surface area contributed by atoms with Crippen molar-refractivity contribution in [3.8, 4) is 11.5 Å². The van der Waals surface area contributed by atoms with Gasteiger partial charge in [-0.2, -0.15) is 0 Å². The Morgan fingerprint density at radius 1 is 1.20 bits per heavy atom. The minimum Gasteiger partial charge on any atom is -0.497 e. The van der Waals surface area contributed by atoms with E-state index in [0.29, 0.717) is 41.8 Å². The van der Waals surface area contributed by atoms with Crippen molar-refractivity contribution in [3.63, 3.8) is 0 Å². The molecule has 0 saturated carbocycles. The summed E-state index contributed by atoms with van der Waals surface area (Å²) in [7, 11) is 1.57. The number of carbonyl (C=O) groups excluding carboxylic acids is 2. The second-order valence-electron chi connectivity index (χ2n) is 7.90. The van der Waals surface area contributed by atoms with Crippen molar-refractivity contribution in [1.29, 1.82) is 0 Å². The fraction of sp³-hybridized carbons (Fsp3) is 0.391. The Labute approximate surface area is 181 Å². The number of likely N-dealkylation sites (tertiary alicyclic amines) is 1. The molecular formula is C23H27ClN2O4. The third-order valence-corrected chi connectivity index (χ3v) is 5.91. The average molecular weight is 431 g/mol. The quantitative estimate of drug-likeness (QED) is 0.723. The number of nitrogens with two attached hydrogens (primary N) is 1. The van der Waals surface area contributed by atoms with Gasteiger partial charge in [-0.3, -0.25) is 9.59 Å². The Kier molecular flexibility index (Phi) is 6.87. The second kappa shape index (κ2) is 9.39. The number of hydrogen-bond donors (Lipinski definition) is 1. The van der Waals surface area contributed by atoms with Crippen LogP contribution in [-0.4, -0.2) is 43.5 Å². The van der Waals surface area contributed by atoms with Crippen molar-refractivity contribution >= 4 is 23.4 Å². The van der Waals surface area contributed by atoms with E-state index in [1.807, 2.05) is 13.0 Å². The summed E-state index contributed by atoms with van der Waals surface area (Å²) < 4.78 is 11.3. The predicted molar refractivity (Wildman–Crippen MR) is 116 cm³/mol. The number of rotatable bonds is 7. The smallest absolute Gasteiger partial charge is 0.254 e. The monoisotopic (exact) mass is 430 g/mol. The maximum atomic E-state index is 13.1. The molecule has 1 fully saturated rings. The fourth-order valence-corrected chi connectivity index (χ4v) is 4.06. The maximum Gasteiger partial charge on any atom is 0.254 e. The summed E-state index contributed by atoms with van der Waals surface area (Å²) in [5, 5.41) is 0.668. The molecule has 1 heterocycles. The average Bonchev–Trinajstić information content (AvgIpc) is 2.74. The van der Waals surface area contributed by atoms with Gasteiger partial charge in [0, 0.05) is 35.5 Å². The molecule has 6 nitrogen and oxygen atoms in total. The van der Waals surface area contributed by atoms with Crippen LogP contribution in [0, 0.1) is 12.3 Å². The van der Waals surface area contributed by atoms with Crippen molar-refractivity contribution in [1.82, 2.24) is 4.90 Å². The first-order chi connectivity index (χ1) is 14.3. The molecule has 1 aliphatic rings. The van der Waals surface area contributed by atoms with Crippen molar-refractivity contribution in [3.05, 3.63) is 58.6 Å². The van der Waals surface area contributed by atoms with Crippen LogP contribution in [-0.2, 0) is 4.79 Å². The first-order valence-corrected chi connectivity index (χ1v) is 10.3. The standard InChI is InChI=1S/C23H27ClN2O4/c1-16-11-19(7-8-20(16)24)30-15-23(13-21(25)27)9-4-10-26(14-23)22(28)17-5-3-6-18(12-17)29-2/h3,5-8,11-12H,4,9-10,13-15H2,1-2H3,(H2,25,27)/t23-/m1/s1. The predicted octanol–water partition coefficient (Wildman–Crippen LogP) is 3.83. The highest BCUT2D eigenvalue weighted by molar-refractivity contribution is 6.31. The Hall–Kier alpha value is -2.73. The number of piperidine rings is 1. The highest BCUT2D eigenvalue weighted by Gasteiger charge is 2.39. The largest absolute Gasteiger partial charge is 0.497 e. The van der Waals surface area contributed by atoms with Gasteiger partial charge in [0.25, 0.3) is 5.91 Å². The third-order valence-electron chi connectivity index (χ3n) is 5.49. The van der Waals surface area contributed by atoms with Gasteiger partial charge in [-0.1, -0.05) is 17.7 Å². The van der Waals surface area contributed by atoms with Gasteiger partial charge in [-0.25, -0.2) is 0 Å². The summed E-state index contributed by atoms with van der Waals surface area (Å²) in [6, 6.07) is 12.5. The molecule has 1 atom stereocenters. The number of aryl methyl sites for hydroxylation is 1. The molecule has 0 aromatic heterocycles. The first kappa shape index (κ1) is 22.0. The molecule has 0 aliphatic carbocycles. The fourth-order valence-electron chi connectivity index (χ4n) is 3.95. The number of methoxy groups -OCH3 is 1. The summed E-state index contributed by atoms with van der Waals surface area (Å²) in [6.45, 7) is 3.22. The Balaban J connectivity index is 1.78. The van der Waals surface area contributed by atoms with E-state index in [2.05, 4.69) is 0 Å². The van der Waals surface area contributed by atoms with Gasteiger partial charge in [0.1, 0.15) is 11.5 Å². The topological polar surface area (TPSA) is 81.9 Å². The molecule has 0 radical (unpaired) electrons. The van der Waals surface area contributed by atoms with Crippen molar-refractivity contribution < 1.29 is 19.1 Å². The van der Waals surface area contributed by atoms with Gasteiger partial charge in [0.15, 0.2) is 0 Å². The highest BCUT2D eigenvalue weighted by atomic mass is 35.5. The first-order valence-electron chi connectivity index (χ1n) is 9.92. The van der Waals surface area contributed by atoms with Crippen LogP contribution < -0.4 is 15.2 Å². The summed E-state index contributed by atoms with van der Waals surface area (Å²) in [4.78, 5) is 26.7. The van der Waals surface area contributed by atoms with Crippen molar-refractivity contribution in [2.24, 2.45) is 11.1 Å². The minimum atomic E-state index is -0.536. The summed E-state index contributed by atoms with van der Waals surface area (Å²) >= 11 is 6.09. The van der Waals surface area contributed by atoms with E-state index in [0.717, 1.165) is 18.4 Å². The molecule has 2 aromatic carbocycles. The summed E-state index contributed by atoms with van der Waals surface area (Å²) in [5.41, 5.74) is 6.49. The maximum absolute atomic E-state index is 13.1. The van der Waals surface area contributed by atoms with E-state index in [9.17, 15) is 9.59 Å². The molecule has 7 heteroatoms. The van der Waals surface area contributed by atoms with Crippen LogP contribution >= 0.6 is 11.6 Å². The van der Waals surface area contributed by atoms with Crippen LogP contribution in [0.1, 0.15) is 35.2 Å². The molecular weight excluding hydrogens is 404 g/mol. The number of carbonyl (C=O) groups is 2. The molecule has 1 aliphatic heterocycles. The van der Waals surface area contributed by atoms with Crippen LogP contribution in [0.15, 0.2) is 42.5 Å². The number of hydrogen-bond acceptors (Lipinski definition) is 4. The van der Waals surface area contributed by atoms with E-state index in [4.69, 9.17) is 26.8 Å². The number of nitrogens with zero attached hydrogens (tertiary/aromatic N) is 1. The lowest BCUT2D eigenvalue weighted by Gasteiger charge is -2.42. The van der Waals surface area contributed by atoms with E-state index in [-0.39, 0.29) is 12.3 Å². The molecule has 160 valence electrons. The number of halogens is 1. The normalized spacial score (nSPS) is 18.7. The third kappa shape index (κ3) is 5.25. The van der Waals surface area contributed by atoms with Gasteiger partial charge < -0.3 is 20.1 Å². The molecule has 0 bridgehead atoms. The summed E-state index contributed by atoms with van der Waals surface area (Å²) in [5.74, 6) is 0.811. The lowest BCUT2D eigenvalue weighted by atomic mass is 9.77. The Bertz CT molecular complexity index is 933. The number of amides is 2. The molecule has 2 N–H and O–H groups in total. The van der Waals surface area contributed by atoms with Crippen LogP contribution in [0.3, 0.4) is 0 Å². The minimum absolute atomic E-state index is 0.0928. The van der Waals surface area contributed by atoms with E-state index >= 15 is 0 Å². The lowest BCUT2D eigenvalue weighted by molar-refractivity contribution is -0.122. The zero-order valence-corrected chi connectivity index (χ0v) is 18.1. The van der Waals surface area contributed by atoms with E-state index < -0.39 is 11.3 Å². The molecule has 30 heavy (non-hydrogen) atoms. The molecule has 0 spiro atoms.